The lowest BCUT2D eigenvalue weighted by Gasteiger charge is -2.14. The van der Waals surface area contributed by atoms with E-state index in [0.29, 0.717) is 6.54 Å². The quantitative estimate of drug-likeness (QED) is 0.802. The summed E-state index contributed by atoms with van der Waals surface area (Å²) in [6, 6.07) is 4.23. The van der Waals surface area contributed by atoms with Gasteiger partial charge in [0, 0.05) is 30.2 Å². The molecule has 3 heterocycles. The first-order valence-corrected chi connectivity index (χ1v) is 7.07. The van der Waals surface area contributed by atoms with Crippen molar-refractivity contribution in [3.8, 4) is 0 Å². The molecule has 19 heavy (non-hydrogen) atoms. The SMILES string of the molecule is O=C(/C=C/c1cccs1)N1CCC(n2ccnn2)C1. The third-order valence-electron chi connectivity index (χ3n) is 3.22. The molecule has 0 radical (unpaired) electrons. The summed E-state index contributed by atoms with van der Waals surface area (Å²) < 4.78 is 1.83. The summed E-state index contributed by atoms with van der Waals surface area (Å²) in [7, 11) is 0. The number of likely N-dealkylation sites (tertiary alicyclic amines) is 1. The number of aromatic nitrogens is 3. The molecule has 1 saturated heterocycles. The van der Waals surface area contributed by atoms with E-state index in [1.165, 1.54) is 0 Å². The fourth-order valence-electron chi connectivity index (χ4n) is 2.21. The molecular weight excluding hydrogens is 260 g/mol. The molecule has 6 heteroatoms. The van der Waals surface area contributed by atoms with Crippen molar-refractivity contribution < 1.29 is 4.79 Å². The van der Waals surface area contributed by atoms with E-state index in [1.807, 2.05) is 39.4 Å². The molecule has 1 aliphatic rings. The summed E-state index contributed by atoms with van der Waals surface area (Å²) in [6.07, 6.45) is 7.97. The Morgan fingerprint density at radius 1 is 1.53 bits per heavy atom. The van der Waals surface area contributed by atoms with Gasteiger partial charge in [-0.05, 0) is 23.9 Å². The predicted molar refractivity (Wildman–Crippen MR) is 73.6 cm³/mol. The van der Waals surface area contributed by atoms with Gasteiger partial charge in [-0.15, -0.1) is 16.4 Å². The topological polar surface area (TPSA) is 51.0 Å². The lowest BCUT2D eigenvalue weighted by Crippen LogP contribution is -2.27. The summed E-state index contributed by atoms with van der Waals surface area (Å²) in [4.78, 5) is 15.0. The van der Waals surface area contributed by atoms with Crippen LogP contribution in [0.3, 0.4) is 0 Å². The molecule has 0 spiro atoms. The van der Waals surface area contributed by atoms with Crippen molar-refractivity contribution in [2.75, 3.05) is 13.1 Å². The minimum atomic E-state index is 0.0658. The van der Waals surface area contributed by atoms with E-state index in [0.717, 1.165) is 17.8 Å². The molecule has 2 aromatic heterocycles. The van der Waals surface area contributed by atoms with Crippen LogP contribution in [0.2, 0.25) is 0 Å². The lowest BCUT2D eigenvalue weighted by molar-refractivity contribution is -0.125. The Morgan fingerprint density at radius 3 is 3.21 bits per heavy atom. The number of carbonyl (C=O) groups excluding carboxylic acids is 1. The van der Waals surface area contributed by atoms with Crippen molar-refractivity contribution in [1.29, 1.82) is 0 Å². The second-order valence-corrected chi connectivity index (χ2v) is 5.44. The van der Waals surface area contributed by atoms with Gasteiger partial charge in [0.05, 0.1) is 12.2 Å². The number of amides is 1. The molecule has 2 aromatic rings. The highest BCUT2D eigenvalue weighted by molar-refractivity contribution is 7.10. The van der Waals surface area contributed by atoms with Crippen molar-refractivity contribution in [1.82, 2.24) is 19.9 Å². The zero-order valence-corrected chi connectivity index (χ0v) is 11.2. The Morgan fingerprint density at radius 2 is 2.47 bits per heavy atom. The zero-order chi connectivity index (χ0) is 13.1. The number of carbonyl (C=O) groups is 1. The van der Waals surface area contributed by atoms with Gasteiger partial charge in [-0.2, -0.15) is 0 Å². The number of hydrogen-bond acceptors (Lipinski definition) is 4. The Bertz CT molecular complexity index is 561. The van der Waals surface area contributed by atoms with E-state index in [4.69, 9.17) is 0 Å². The summed E-state index contributed by atoms with van der Waals surface area (Å²) in [6.45, 7) is 1.48. The maximum atomic E-state index is 12.1. The van der Waals surface area contributed by atoms with E-state index < -0.39 is 0 Å². The van der Waals surface area contributed by atoms with Crippen LogP contribution in [0.1, 0.15) is 17.3 Å². The van der Waals surface area contributed by atoms with Crippen molar-refractivity contribution in [2.24, 2.45) is 0 Å². The minimum Gasteiger partial charge on any atom is -0.337 e. The van der Waals surface area contributed by atoms with Gasteiger partial charge < -0.3 is 4.90 Å². The molecule has 0 aliphatic carbocycles. The fourth-order valence-corrected chi connectivity index (χ4v) is 2.83. The highest BCUT2D eigenvalue weighted by Gasteiger charge is 2.26. The highest BCUT2D eigenvalue weighted by Crippen LogP contribution is 2.20. The molecule has 1 unspecified atom stereocenters. The van der Waals surface area contributed by atoms with E-state index in [-0.39, 0.29) is 11.9 Å². The standard InChI is InChI=1S/C13H14N4OS/c18-13(4-3-12-2-1-9-19-12)16-7-5-11(10-16)17-8-6-14-15-17/h1-4,6,8-9,11H,5,7,10H2/b4-3+. The number of thiophene rings is 1. The van der Waals surface area contributed by atoms with Crippen molar-refractivity contribution in [3.05, 3.63) is 40.9 Å². The van der Waals surface area contributed by atoms with Crippen molar-refractivity contribution >= 4 is 23.3 Å². The van der Waals surface area contributed by atoms with Crippen LogP contribution in [0.4, 0.5) is 0 Å². The molecule has 0 saturated carbocycles. The van der Waals surface area contributed by atoms with Crippen LogP contribution in [0, 0.1) is 0 Å². The van der Waals surface area contributed by atoms with Crippen LogP contribution in [-0.2, 0) is 4.79 Å². The molecule has 0 bridgehead atoms. The number of rotatable bonds is 3. The van der Waals surface area contributed by atoms with E-state index in [2.05, 4.69) is 10.3 Å². The maximum Gasteiger partial charge on any atom is 0.246 e. The molecule has 5 nitrogen and oxygen atoms in total. The summed E-state index contributed by atoms with van der Waals surface area (Å²) in [5, 5.41) is 9.80. The number of nitrogens with zero attached hydrogens (tertiary/aromatic N) is 4. The molecule has 1 fully saturated rings. The van der Waals surface area contributed by atoms with Crippen LogP contribution >= 0.6 is 11.3 Å². The predicted octanol–water partition coefficient (Wildman–Crippen LogP) is 1.83. The smallest absolute Gasteiger partial charge is 0.246 e. The van der Waals surface area contributed by atoms with Gasteiger partial charge in [0.2, 0.25) is 5.91 Å². The van der Waals surface area contributed by atoms with Gasteiger partial charge in [-0.25, -0.2) is 4.68 Å². The molecular formula is C13H14N4OS. The first kappa shape index (κ1) is 12.1. The van der Waals surface area contributed by atoms with Crippen LogP contribution in [0.15, 0.2) is 36.0 Å². The Balaban J connectivity index is 1.60. The molecule has 1 amide bonds. The van der Waals surface area contributed by atoms with E-state index in [1.54, 1.807) is 23.6 Å². The lowest BCUT2D eigenvalue weighted by atomic mass is 10.3. The second kappa shape index (κ2) is 5.36. The van der Waals surface area contributed by atoms with Gasteiger partial charge in [0.15, 0.2) is 0 Å². The zero-order valence-electron chi connectivity index (χ0n) is 10.3. The maximum absolute atomic E-state index is 12.1. The third kappa shape index (κ3) is 2.73. The summed E-state index contributed by atoms with van der Waals surface area (Å²) in [5.74, 6) is 0.0658. The first-order valence-electron chi connectivity index (χ1n) is 6.19. The molecule has 98 valence electrons. The van der Waals surface area contributed by atoms with Gasteiger partial charge in [0.25, 0.3) is 0 Å². The first-order chi connectivity index (χ1) is 9.33. The monoisotopic (exact) mass is 274 g/mol. The van der Waals surface area contributed by atoms with Crippen LogP contribution in [0.25, 0.3) is 6.08 Å². The largest absolute Gasteiger partial charge is 0.337 e. The average molecular weight is 274 g/mol. The van der Waals surface area contributed by atoms with Gasteiger partial charge in [0.1, 0.15) is 0 Å². The summed E-state index contributed by atoms with van der Waals surface area (Å²) in [5.41, 5.74) is 0. The average Bonchev–Trinajstić information content (AvgIpc) is 3.14. The Kier molecular flexibility index (Phi) is 3.41. The molecule has 0 N–H and O–H groups in total. The van der Waals surface area contributed by atoms with Crippen LogP contribution < -0.4 is 0 Å². The van der Waals surface area contributed by atoms with Crippen LogP contribution in [-0.4, -0.2) is 38.9 Å². The minimum absolute atomic E-state index is 0.0658. The van der Waals surface area contributed by atoms with Crippen molar-refractivity contribution in [3.63, 3.8) is 0 Å². The van der Waals surface area contributed by atoms with Gasteiger partial charge in [-0.3, -0.25) is 4.79 Å². The Hall–Kier alpha value is -1.95. The second-order valence-electron chi connectivity index (χ2n) is 4.46. The summed E-state index contributed by atoms with van der Waals surface area (Å²) >= 11 is 1.63. The van der Waals surface area contributed by atoms with Crippen LogP contribution in [0.5, 0.6) is 0 Å². The van der Waals surface area contributed by atoms with E-state index in [9.17, 15) is 4.79 Å². The van der Waals surface area contributed by atoms with Gasteiger partial charge >= 0.3 is 0 Å². The fraction of sp³-hybridized carbons (Fsp3) is 0.308. The molecule has 0 aromatic carbocycles. The van der Waals surface area contributed by atoms with E-state index >= 15 is 0 Å². The molecule has 1 aliphatic heterocycles. The highest BCUT2D eigenvalue weighted by atomic mass is 32.1. The molecule has 1 atom stereocenters. The normalized spacial score (nSPS) is 19.4. The van der Waals surface area contributed by atoms with Crippen molar-refractivity contribution in [2.45, 2.75) is 12.5 Å². The third-order valence-corrected chi connectivity index (χ3v) is 4.06. The molecule has 3 rings (SSSR count). The van der Waals surface area contributed by atoms with Gasteiger partial charge in [-0.1, -0.05) is 11.3 Å². The Labute approximate surface area is 115 Å². The number of hydrogen-bond donors (Lipinski definition) is 0.